The van der Waals surface area contributed by atoms with Crippen LogP contribution in [0.2, 0.25) is 0 Å². The van der Waals surface area contributed by atoms with Gasteiger partial charge in [-0.05, 0) is 31.0 Å². The second-order valence-electron chi connectivity index (χ2n) is 10.3. The first kappa shape index (κ1) is 26.9. The highest BCUT2D eigenvalue weighted by atomic mass is 19.1. The summed E-state index contributed by atoms with van der Waals surface area (Å²) in [5, 5.41) is 10.9. The van der Waals surface area contributed by atoms with Gasteiger partial charge < -0.3 is 19.9 Å². The zero-order chi connectivity index (χ0) is 27.6. The van der Waals surface area contributed by atoms with Crippen molar-refractivity contribution >= 4 is 40.2 Å². The van der Waals surface area contributed by atoms with Gasteiger partial charge in [0.05, 0.1) is 19.9 Å². The number of hydrogen-bond acceptors (Lipinski definition) is 9. The summed E-state index contributed by atoms with van der Waals surface area (Å²) >= 11 is 0. The number of nitrogens with zero attached hydrogens (tertiary/aromatic N) is 6. The van der Waals surface area contributed by atoms with E-state index in [2.05, 4.69) is 25.3 Å². The Morgan fingerprint density at radius 1 is 1.29 bits per heavy atom. The summed E-state index contributed by atoms with van der Waals surface area (Å²) in [5.74, 6) is 1.06. The number of hydrogen-bond donors (Lipinski definition) is 2. The van der Waals surface area contributed by atoms with E-state index < -0.39 is 12.1 Å². The van der Waals surface area contributed by atoms with Crippen LogP contribution in [0, 0.1) is 17.7 Å². The number of nitrogens with one attached hydrogen (secondary N) is 2. The van der Waals surface area contributed by atoms with Gasteiger partial charge in [0.15, 0.2) is 5.82 Å². The number of carbonyl (C=O) groups is 1. The maximum Gasteiger partial charge on any atom is 0.256 e. The van der Waals surface area contributed by atoms with E-state index in [-0.39, 0.29) is 17.8 Å². The van der Waals surface area contributed by atoms with Crippen molar-refractivity contribution in [3.05, 3.63) is 53.7 Å². The Balaban J connectivity index is 1.63. The lowest BCUT2D eigenvalue weighted by molar-refractivity contribution is 0.0977. The lowest BCUT2D eigenvalue weighted by Gasteiger charge is -2.23. The summed E-state index contributed by atoms with van der Waals surface area (Å²) in [7, 11) is 3.38. The van der Waals surface area contributed by atoms with Crippen LogP contribution >= 0.6 is 0 Å². The summed E-state index contributed by atoms with van der Waals surface area (Å²) < 4.78 is 19.2. The quantitative estimate of drug-likeness (QED) is 0.280. The van der Waals surface area contributed by atoms with Gasteiger partial charge in [-0.3, -0.25) is 10.2 Å². The molecule has 1 aliphatic rings. The SMILES string of the molecule is CO/C(=C\C(=N)NC(=O)c1ccc(C)c(N(C)c2ncnc3cnc(N4CC[C@H](F)C4)nc23)c1)C(C)(C)C. The number of allylic oxidation sites excluding steroid dienone is 1. The fourth-order valence-corrected chi connectivity index (χ4v) is 4.30. The number of amidine groups is 1. The van der Waals surface area contributed by atoms with Gasteiger partial charge >= 0.3 is 0 Å². The number of benzene rings is 1. The molecule has 11 heteroatoms. The van der Waals surface area contributed by atoms with Crippen LogP contribution in [0.25, 0.3) is 11.0 Å². The molecule has 0 aliphatic carbocycles. The number of methoxy groups -OCH3 is 1. The van der Waals surface area contributed by atoms with Crippen molar-refractivity contribution in [3.63, 3.8) is 0 Å². The summed E-state index contributed by atoms with van der Waals surface area (Å²) in [6, 6.07) is 5.29. The molecule has 3 aromatic rings. The molecule has 1 aromatic carbocycles. The Kier molecular flexibility index (Phi) is 7.56. The summed E-state index contributed by atoms with van der Waals surface area (Å²) in [5.41, 5.74) is 2.80. The third-order valence-electron chi connectivity index (χ3n) is 6.39. The van der Waals surface area contributed by atoms with E-state index >= 15 is 0 Å². The molecular formula is C27H33FN8O2. The lowest BCUT2D eigenvalue weighted by Crippen LogP contribution is -2.30. The van der Waals surface area contributed by atoms with Crippen LogP contribution in [0.5, 0.6) is 0 Å². The predicted octanol–water partition coefficient (Wildman–Crippen LogP) is 4.33. The minimum atomic E-state index is -0.897. The molecule has 0 bridgehead atoms. The zero-order valence-corrected chi connectivity index (χ0v) is 22.5. The van der Waals surface area contributed by atoms with Crippen molar-refractivity contribution in [3.8, 4) is 0 Å². The van der Waals surface area contributed by atoms with Crippen LogP contribution in [-0.4, -0.2) is 65.1 Å². The molecule has 4 rings (SSSR count). The van der Waals surface area contributed by atoms with Gasteiger partial charge in [0.2, 0.25) is 5.95 Å². The predicted molar refractivity (Wildman–Crippen MR) is 146 cm³/mol. The maximum atomic E-state index is 13.8. The van der Waals surface area contributed by atoms with Crippen molar-refractivity contribution in [2.45, 2.75) is 40.3 Å². The first-order valence-corrected chi connectivity index (χ1v) is 12.3. The highest BCUT2D eigenvalue weighted by Crippen LogP contribution is 2.31. The Morgan fingerprint density at radius 2 is 2.05 bits per heavy atom. The molecule has 1 fully saturated rings. The summed E-state index contributed by atoms with van der Waals surface area (Å²) in [6.07, 6.45) is 4.11. The first-order chi connectivity index (χ1) is 18.0. The molecule has 200 valence electrons. The molecule has 0 spiro atoms. The van der Waals surface area contributed by atoms with Crippen LogP contribution in [0.4, 0.5) is 21.8 Å². The first-order valence-electron chi connectivity index (χ1n) is 12.3. The Bertz CT molecular complexity index is 1400. The number of carbonyl (C=O) groups excluding carboxylic acids is 1. The van der Waals surface area contributed by atoms with E-state index in [4.69, 9.17) is 10.1 Å². The number of ether oxygens (including phenoxy) is 1. The number of aryl methyl sites for hydroxylation is 1. The number of aromatic nitrogens is 4. The molecule has 0 saturated carbocycles. The molecule has 0 unspecified atom stereocenters. The van der Waals surface area contributed by atoms with E-state index in [9.17, 15) is 9.18 Å². The minimum absolute atomic E-state index is 0.0688. The number of fused-ring (bicyclic) bond motifs is 1. The van der Waals surface area contributed by atoms with Crippen LogP contribution in [0.1, 0.15) is 43.1 Å². The number of halogens is 1. The summed E-state index contributed by atoms with van der Waals surface area (Å²) in [4.78, 5) is 34.5. The van der Waals surface area contributed by atoms with Gasteiger partial charge in [-0.15, -0.1) is 0 Å². The van der Waals surface area contributed by atoms with E-state index in [1.807, 2.05) is 50.6 Å². The fourth-order valence-electron chi connectivity index (χ4n) is 4.30. The van der Waals surface area contributed by atoms with Gasteiger partial charge in [-0.2, -0.15) is 0 Å². The van der Waals surface area contributed by atoms with Gasteiger partial charge in [-0.25, -0.2) is 24.3 Å². The third kappa shape index (κ3) is 5.71. The number of rotatable bonds is 6. The van der Waals surface area contributed by atoms with Crippen LogP contribution in [-0.2, 0) is 4.74 Å². The minimum Gasteiger partial charge on any atom is -0.500 e. The standard InChI is InChI=1S/C27H33FN8O2/c1-16-7-8-17(25(37)33-22(29)12-21(38-6)27(2,3)4)11-20(16)35(5)24-23-19(31-15-32-24)13-30-26(34-23)36-10-9-18(28)14-36/h7-8,11-13,15,18H,9-10,14H2,1-6H3,(H2,29,33,37)/b21-12-/t18-/m0/s1. The fraction of sp³-hybridized carbons (Fsp3) is 0.407. The normalized spacial score (nSPS) is 16.0. The van der Waals surface area contributed by atoms with Crippen molar-refractivity contribution in [1.82, 2.24) is 25.3 Å². The average molecular weight is 521 g/mol. The van der Waals surface area contributed by atoms with Crippen molar-refractivity contribution < 1.29 is 13.9 Å². The molecule has 3 heterocycles. The topological polar surface area (TPSA) is 120 Å². The Morgan fingerprint density at radius 3 is 2.71 bits per heavy atom. The molecule has 2 N–H and O–H groups in total. The van der Waals surface area contributed by atoms with Crippen LogP contribution in [0.15, 0.2) is 42.6 Å². The second-order valence-corrected chi connectivity index (χ2v) is 10.3. The van der Waals surface area contributed by atoms with Crippen molar-refractivity contribution in [1.29, 1.82) is 5.41 Å². The second kappa shape index (κ2) is 10.7. The number of amides is 1. The van der Waals surface area contributed by atoms with Crippen molar-refractivity contribution in [2.75, 3.05) is 37.0 Å². The molecule has 1 aliphatic heterocycles. The molecule has 0 radical (unpaired) electrons. The van der Waals surface area contributed by atoms with Gasteiger partial charge in [0, 0.05) is 36.3 Å². The van der Waals surface area contributed by atoms with Crippen molar-refractivity contribution in [2.24, 2.45) is 5.41 Å². The van der Waals surface area contributed by atoms with Gasteiger partial charge in [0.1, 0.15) is 35.1 Å². The largest absolute Gasteiger partial charge is 0.500 e. The highest BCUT2D eigenvalue weighted by Gasteiger charge is 2.25. The average Bonchev–Trinajstić information content (AvgIpc) is 3.32. The molecule has 38 heavy (non-hydrogen) atoms. The van der Waals surface area contributed by atoms with E-state index in [0.29, 0.717) is 47.1 Å². The zero-order valence-electron chi connectivity index (χ0n) is 22.5. The summed E-state index contributed by atoms with van der Waals surface area (Å²) in [6.45, 7) is 8.63. The maximum absolute atomic E-state index is 13.8. The Hall–Kier alpha value is -4.15. The molecule has 1 saturated heterocycles. The van der Waals surface area contributed by atoms with Crippen LogP contribution < -0.4 is 15.1 Å². The van der Waals surface area contributed by atoms with Gasteiger partial charge in [0.25, 0.3) is 5.91 Å². The number of alkyl halides is 1. The van der Waals surface area contributed by atoms with E-state index in [1.54, 1.807) is 25.4 Å². The molecule has 1 amide bonds. The molecule has 2 aromatic heterocycles. The van der Waals surface area contributed by atoms with E-state index in [0.717, 1.165) is 11.3 Å². The van der Waals surface area contributed by atoms with Gasteiger partial charge in [-0.1, -0.05) is 26.8 Å². The highest BCUT2D eigenvalue weighted by molar-refractivity contribution is 6.09. The molecular weight excluding hydrogens is 487 g/mol. The molecule has 1 atom stereocenters. The lowest BCUT2D eigenvalue weighted by atomic mass is 9.93. The number of anilines is 3. The smallest absolute Gasteiger partial charge is 0.256 e. The van der Waals surface area contributed by atoms with Crippen LogP contribution in [0.3, 0.4) is 0 Å². The van der Waals surface area contributed by atoms with E-state index in [1.165, 1.54) is 12.4 Å². The molecule has 10 nitrogen and oxygen atoms in total. The third-order valence-corrected chi connectivity index (χ3v) is 6.39. The monoisotopic (exact) mass is 520 g/mol. The Labute approximate surface area is 221 Å².